The molecule has 136 valence electrons. The lowest BCUT2D eigenvalue weighted by atomic mass is 10.1. The van der Waals surface area contributed by atoms with Crippen LogP contribution in [0.25, 0.3) is 11.5 Å². The highest BCUT2D eigenvalue weighted by Gasteiger charge is 2.25. The summed E-state index contributed by atoms with van der Waals surface area (Å²) in [5, 5.41) is 13.9. The lowest BCUT2D eigenvalue weighted by molar-refractivity contribution is -0.575. The molecule has 7 heteroatoms. The summed E-state index contributed by atoms with van der Waals surface area (Å²) in [6.45, 7) is 0. The number of nitrogens with one attached hydrogen (secondary N) is 1. The molecule has 0 atom stereocenters. The van der Waals surface area contributed by atoms with Crippen molar-refractivity contribution in [3.63, 3.8) is 0 Å². The van der Waals surface area contributed by atoms with Crippen LogP contribution in [-0.2, 0) is 0 Å². The Kier molecular flexibility index (Phi) is 5.78. The number of benzene rings is 2. The van der Waals surface area contributed by atoms with Gasteiger partial charge in [0.05, 0.1) is 10.7 Å². The molecule has 0 aliphatic rings. The molecular weight excluding hydrogens is 390 g/mol. The number of hydrogen-bond acceptors (Lipinski definition) is 2. The van der Waals surface area contributed by atoms with E-state index in [-0.39, 0.29) is 22.1 Å². The molecule has 0 saturated carbocycles. The van der Waals surface area contributed by atoms with Crippen LogP contribution >= 0.6 is 23.8 Å². The molecular formula is C20H14ClF2N2OS+. The van der Waals surface area contributed by atoms with E-state index in [9.17, 15) is 13.9 Å². The van der Waals surface area contributed by atoms with Crippen LogP contribution in [0.4, 0.5) is 14.5 Å². The highest BCUT2D eigenvalue weighted by molar-refractivity contribution is 7.81. The van der Waals surface area contributed by atoms with Gasteiger partial charge in [-0.05, 0) is 24.3 Å². The summed E-state index contributed by atoms with van der Waals surface area (Å²) in [6.07, 6.45) is 3.36. The Balaban J connectivity index is 2.09. The molecule has 1 heterocycles. The van der Waals surface area contributed by atoms with E-state index in [1.807, 2.05) is 0 Å². The van der Waals surface area contributed by atoms with E-state index in [0.29, 0.717) is 10.6 Å². The number of aliphatic hydroxyl groups excluding tert-OH is 1. The molecule has 0 saturated heterocycles. The molecule has 3 rings (SSSR count). The summed E-state index contributed by atoms with van der Waals surface area (Å²) in [7, 11) is 0. The molecule has 0 bridgehead atoms. The van der Waals surface area contributed by atoms with E-state index in [2.05, 4.69) is 5.32 Å². The molecule has 0 aliphatic heterocycles. The summed E-state index contributed by atoms with van der Waals surface area (Å²) in [5.41, 5.74) is 0.555. The molecule has 2 aromatic carbocycles. The van der Waals surface area contributed by atoms with Gasteiger partial charge in [-0.2, -0.15) is 4.57 Å². The topological polar surface area (TPSA) is 36.1 Å². The number of rotatable bonds is 4. The van der Waals surface area contributed by atoms with Crippen molar-refractivity contribution in [3.05, 3.63) is 95.3 Å². The minimum Gasteiger partial charge on any atom is -0.502 e. The molecule has 0 unspecified atom stereocenters. The molecule has 3 aromatic rings. The molecule has 1 aromatic heterocycles. The first-order valence-corrected chi connectivity index (χ1v) is 8.67. The summed E-state index contributed by atoms with van der Waals surface area (Å²) in [6, 6.07) is 15.1. The van der Waals surface area contributed by atoms with Crippen molar-refractivity contribution < 1.29 is 18.5 Å². The fourth-order valence-electron chi connectivity index (χ4n) is 2.45. The van der Waals surface area contributed by atoms with Crippen LogP contribution in [0.1, 0.15) is 5.56 Å². The second-order valence-corrected chi connectivity index (χ2v) is 6.35. The molecule has 0 radical (unpaired) electrons. The van der Waals surface area contributed by atoms with Crippen LogP contribution in [0.15, 0.2) is 73.1 Å². The molecule has 0 aliphatic carbocycles. The normalized spacial score (nSPS) is 11.7. The van der Waals surface area contributed by atoms with E-state index in [1.165, 1.54) is 6.07 Å². The zero-order valence-corrected chi connectivity index (χ0v) is 15.4. The Morgan fingerprint density at radius 2 is 1.70 bits per heavy atom. The zero-order valence-electron chi connectivity index (χ0n) is 13.9. The molecule has 27 heavy (non-hydrogen) atoms. The van der Waals surface area contributed by atoms with E-state index < -0.39 is 11.6 Å². The minimum absolute atomic E-state index is 0.0117. The van der Waals surface area contributed by atoms with Gasteiger partial charge in [-0.25, -0.2) is 8.78 Å². The van der Waals surface area contributed by atoms with Gasteiger partial charge in [0.2, 0.25) is 5.76 Å². The lowest BCUT2D eigenvalue weighted by Gasteiger charge is -2.11. The zero-order chi connectivity index (χ0) is 19.4. The number of anilines is 1. The summed E-state index contributed by atoms with van der Waals surface area (Å²) >= 11 is 11.6. The number of halogens is 3. The molecule has 0 amide bonds. The third-order valence-corrected chi connectivity index (χ3v) is 4.35. The first-order chi connectivity index (χ1) is 13.0. The maximum atomic E-state index is 14.0. The Labute approximate surface area is 165 Å². The van der Waals surface area contributed by atoms with Crippen LogP contribution < -0.4 is 9.88 Å². The second-order valence-electron chi connectivity index (χ2n) is 5.54. The van der Waals surface area contributed by atoms with Gasteiger partial charge < -0.3 is 10.4 Å². The van der Waals surface area contributed by atoms with Gasteiger partial charge in [-0.1, -0.05) is 42.0 Å². The predicted octanol–water partition coefficient (Wildman–Crippen LogP) is 5.23. The number of aliphatic hydroxyl groups is 1. The minimum atomic E-state index is -0.799. The van der Waals surface area contributed by atoms with Gasteiger partial charge in [0.15, 0.2) is 17.4 Å². The Hall–Kier alpha value is -2.83. The largest absolute Gasteiger partial charge is 0.502 e. The first kappa shape index (κ1) is 18.9. The predicted molar refractivity (Wildman–Crippen MR) is 106 cm³/mol. The molecule has 0 fully saturated rings. The van der Waals surface area contributed by atoms with Crippen LogP contribution in [-0.4, -0.2) is 10.1 Å². The van der Waals surface area contributed by atoms with Crippen LogP contribution in [0.5, 0.6) is 0 Å². The monoisotopic (exact) mass is 403 g/mol. The first-order valence-electron chi connectivity index (χ1n) is 7.88. The Morgan fingerprint density at radius 1 is 1.00 bits per heavy atom. The SMILES string of the molecule is OC(=C(C(=S)Nc1ccc(F)cc1F)[n+]1ccccc1)c1ccccc1Cl. The van der Waals surface area contributed by atoms with Gasteiger partial charge in [0.1, 0.15) is 11.6 Å². The van der Waals surface area contributed by atoms with Crippen molar-refractivity contribution in [1.29, 1.82) is 0 Å². The molecule has 0 spiro atoms. The highest BCUT2D eigenvalue weighted by Crippen LogP contribution is 2.26. The molecule has 3 nitrogen and oxygen atoms in total. The van der Waals surface area contributed by atoms with Crippen molar-refractivity contribution in [2.45, 2.75) is 0 Å². The summed E-state index contributed by atoms with van der Waals surface area (Å²) in [4.78, 5) is 0.0362. The van der Waals surface area contributed by atoms with E-state index in [0.717, 1.165) is 12.1 Å². The van der Waals surface area contributed by atoms with Crippen molar-refractivity contribution in [3.8, 4) is 0 Å². The van der Waals surface area contributed by atoms with Gasteiger partial charge in [0.25, 0.3) is 5.70 Å². The Morgan fingerprint density at radius 3 is 2.37 bits per heavy atom. The number of pyridine rings is 1. The average Bonchev–Trinajstić information content (AvgIpc) is 2.65. The van der Waals surface area contributed by atoms with Gasteiger partial charge >= 0.3 is 0 Å². The van der Waals surface area contributed by atoms with Crippen LogP contribution in [0.2, 0.25) is 5.02 Å². The van der Waals surface area contributed by atoms with Crippen molar-refractivity contribution in [2.24, 2.45) is 0 Å². The number of nitrogens with zero attached hydrogens (tertiary/aromatic N) is 1. The smallest absolute Gasteiger partial charge is 0.288 e. The van der Waals surface area contributed by atoms with Gasteiger partial charge in [-0.3, -0.25) is 0 Å². The number of hydrogen-bond donors (Lipinski definition) is 2. The highest BCUT2D eigenvalue weighted by atomic mass is 35.5. The number of aromatic nitrogens is 1. The van der Waals surface area contributed by atoms with Crippen molar-refractivity contribution >= 4 is 46.0 Å². The average molecular weight is 404 g/mol. The quantitative estimate of drug-likeness (QED) is 0.271. The fraction of sp³-hybridized carbons (Fsp3) is 0. The third-order valence-electron chi connectivity index (χ3n) is 3.72. The standard InChI is InChI=1S/C20H13ClF2N2OS/c21-15-7-3-2-6-14(15)19(26)18(25-10-4-1-5-11-25)20(27)24-17-9-8-13(22)12-16(17)23/h1-12H,(H-,24,26,27)/p+1. The van der Waals surface area contributed by atoms with Crippen molar-refractivity contribution in [1.82, 2.24) is 0 Å². The third kappa shape index (κ3) is 4.30. The fourth-order valence-corrected chi connectivity index (χ4v) is 2.99. The maximum Gasteiger partial charge on any atom is 0.288 e. The van der Waals surface area contributed by atoms with Gasteiger partial charge in [0, 0.05) is 23.8 Å². The second kappa shape index (κ2) is 8.24. The van der Waals surface area contributed by atoms with Gasteiger partial charge in [-0.15, -0.1) is 0 Å². The van der Waals surface area contributed by atoms with Crippen LogP contribution in [0.3, 0.4) is 0 Å². The summed E-state index contributed by atoms with van der Waals surface area (Å²) < 4.78 is 28.7. The lowest BCUT2D eigenvalue weighted by Crippen LogP contribution is -2.38. The van der Waals surface area contributed by atoms with E-state index in [1.54, 1.807) is 59.4 Å². The van der Waals surface area contributed by atoms with Crippen LogP contribution in [0, 0.1) is 11.6 Å². The van der Waals surface area contributed by atoms with E-state index in [4.69, 9.17) is 23.8 Å². The number of thiocarbonyl (C=S) groups is 1. The van der Waals surface area contributed by atoms with Crippen molar-refractivity contribution in [2.75, 3.05) is 5.32 Å². The van der Waals surface area contributed by atoms with E-state index >= 15 is 0 Å². The maximum absolute atomic E-state index is 14.0. The summed E-state index contributed by atoms with van der Waals surface area (Å²) in [5.74, 6) is -1.68. The Bertz CT molecular complexity index is 1030. The molecule has 2 N–H and O–H groups in total.